The van der Waals surface area contributed by atoms with Crippen LogP contribution in [0, 0.1) is 5.92 Å². The highest BCUT2D eigenvalue weighted by atomic mass is 16.6. The van der Waals surface area contributed by atoms with Crippen LogP contribution in [-0.4, -0.2) is 59.6 Å². The van der Waals surface area contributed by atoms with Crippen molar-refractivity contribution in [3.63, 3.8) is 0 Å². The SMILES string of the molecule is CC(C)(C)OC(=O)NCCC(=O)N1CCC(CNC(=O)c2ccccn2)CC1. The molecule has 1 aromatic heterocycles. The number of piperidine rings is 1. The van der Waals surface area contributed by atoms with Gasteiger partial charge in [-0.25, -0.2) is 4.79 Å². The molecule has 2 heterocycles. The molecule has 2 N–H and O–H groups in total. The smallest absolute Gasteiger partial charge is 0.407 e. The molecule has 0 atom stereocenters. The zero-order chi connectivity index (χ0) is 20.6. The van der Waals surface area contributed by atoms with Crippen molar-refractivity contribution in [3.8, 4) is 0 Å². The van der Waals surface area contributed by atoms with Crippen LogP contribution in [0.5, 0.6) is 0 Å². The molecule has 3 amide bonds. The summed E-state index contributed by atoms with van der Waals surface area (Å²) in [4.78, 5) is 41.8. The third-order valence-corrected chi connectivity index (χ3v) is 4.42. The van der Waals surface area contributed by atoms with E-state index in [1.165, 1.54) is 0 Å². The first-order valence-electron chi connectivity index (χ1n) is 9.68. The average molecular weight is 390 g/mol. The number of hydrogen-bond acceptors (Lipinski definition) is 5. The number of nitrogens with one attached hydrogen (secondary N) is 2. The Morgan fingerprint density at radius 1 is 1.18 bits per heavy atom. The topological polar surface area (TPSA) is 101 Å². The van der Waals surface area contributed by atoms with Gasteiger partial charge in [0, 0.05) is 38.8 Å². The number of aromatic nitrogens is 1. The summed E-state index contributed by atoms with van der Waals surface area (Å²) in [7, 11) is 0. The van der Waals surface area contributed by atoms with Crippen molar-refractivity contribution < 1.29 is 19.1 Å². The zero-order valence-corrected chi connectivity index (χ0v) is 16.9. The third kappa shape index (κ3) is 7.54. The van der Waals surface area contributed by atoms with Crippen LogP contribution in [0.1, 0.15) is 50.5 Å². The molecule has 0 unspecified atom stereocenters. The number of amides is 3. The molecule has 0 saturated carbocycles. The number of alkyl carbamates (subject to hydrolysis) is 1. The summed E-state index contributed by atoms with van der Waals surface area (Å²) in [6.45, 7) is 7.54. The van der Waals surface area contributed by atoms with Gasteiger partial charge in [0.15, 0.2) is 0 Å². The Morgan fingerprint density at radius 2 is 1.89 bits per heavy atom. The number of carbonyl (C=O) groups excluding carboxylic acids is 3. The predicted molar refractivity (Wildman–Crippen MR) is 105 cm³/mol. The van der Waals surface area contributed by atoms with Crippen LogP contribution in [0.15, 0.2) is 24.4 Å². The summed E-state index contributed by atoms with van der Waals surface area (Å²) in [5.74, 6) is 0.191. The molecule has 8 nitrogen and oxygen atoms in total. The van der Waals surface area contributed by atoms with Crippen LogP contribution in [-0.2, 0) is 9.53 Å². The summed E-state index contributed by atoms with van der Waals surface area (Å²) >= 11 is 0. The fourth-order valence-corrected chi connectivity index (χ4v) is 2.95. The van der Waals surface area contributed by atoms with Crippen LogP contribution in [0.3, 0.4) is 0 Å². The van der Waals surface area contributed by atoms with E-state index in [2.05, 4.69) is 15.6 Å². The monoisotopic (exact) mass is 390 g/mol. The number of nitrogens with zero attached hydrogens (tertiary/aromatic N) is 2. The Labute approximate surface area is 166 Å². The maximum absolute atomic E-state index is 12.3. The van der Waals surface area contributed by atoms with Gasteiger partial charge in [0.1, 0.15) is 11.3 Å². The lowest BCUT2D eigenvalue weighted by Gasteiger charge is -2.32. The molecule has 1 fully saturated rings. The minimum Gasteiger partial charge on any atom is -0.444 e. The fourth-order valence-electron chi connectivity index (χ4n) is 2.95. The number of rotatable bonds is 6. The van der Waals surface area contributed by atoms with Crippen molar-refractivity contribution in [1.29, 1.82) is 0 Å². The Bertz CT molecular complexity index is 665. The summed E-state index contributed by atoms with van der Waals surface area (Å²) in [6.07, 6.45) is 3.01. The second-order valence-electron chi connectivity index (χ2n) is 7.93. The molecule has 0 aliphatic carbocycles. The molecule has 1 aliphatic rings. The van der Waals surface area contributed by atoms with Crippen molar-refractivity contribution in [1.82, 2.24) is 20.5 Å². The van der Waals surface area contributed by atoms with Crippen molar-refractivity contribution in [2.24, 2.45) is 5.92 Å². The average Bonchev–Trinajstić information content (AvgIpc) is 2.65. The molecular weight excluding hydrogens is 360 g/mol. The highest BCUT2D eigenvalue weighted by Gasteiger charge is 2.23. The number of carbonyl (C=O) groups is 3. The molecular formula is C20H30N4O4. The zero-order valence-electron chi connectivity index (χ0n) is 16.9. The highest BCUT2D eigenvalue weighted by molar-refractivity contribution is 5.92. The molecule has 0 bridgehead atoms. The highest BCUT2D eigenvalue weighted by Crippen LogP contribution is 2.17. The standard InChI is InChI=1S/C20H30N4O4/c1-20(2,3)28-19(27)22-11-7-17(25)24-12-8-15(9-13-24)14-23-18(26)16-6-4-5-10-21-16/h4-6,10,15H,7-9,11-14H2,1-3H3,(H,22,27)(H,23,26). The van der Waals surface area contributed by atoms with Gasteiger partial charge in [-0.1, -0.05) is 6.07 Å². The minimum absolute atomic E-state index is 0.0204. The van der Waals surface area contributed by atoms with E-state index in [4.69, 9.17) is 4.74 Å². The maximum atomic E-state index is 12.3. The van der Waals surface area contributed by atoms with Gasteiger partial charge in [-0.2, -0.15) is 0 Å². The first-order chi connectivity index (χ1) is 13.2. The number of ether oxygens (including phenoxy) is 1. The van der Waals surface area contributed by atoms with Crippen molar-refractivity contribution in [3.05, 3.63) is 30.1 Å². The third-order valence-electron chi connectivity index (χ3n) is 4.42. The van der Waals surface area contributed by atoms with Crippen molar-refractivity contribution in [2.45, 2.75) is 45.6 Å². The lowest BCUT2D eigenvalue weighted by molar-refractivity contribution is -0.132. The molecule has 2 rings (SSSR count). The summed E-state index contributed by atoms with van der Waals surface area (Å²) in [5.41, 5.74) is -0.144. The number of pyridine rings is 1. The van der Waals surface area contributed by atoms with Gasteiger partial charge in [-0.05, 0) is 51.7 Å². The Hall–Kier alpha value is -2.64. The van der Waals surface area contributed by atoms with Crippen molar-refractivity contribution >= 4 is 17.9 Å². The van der Waals surface area contributed by atoms with Gasteiger partial charge >= 0.3 is 6.09 Å². The summed E-state index contributed by atoms with van der Waals surface area (Å²) in [6, 6.07) is 5.23. The van der Waals surface area contributed by atoms with E-state index in [1.54, 1.807) is 45.2 Å². The lowest BCUT2D eigenvalue weighted by Crippen LogP contribution is -2.42. The van der Waals surface area contributed by atoms with Crippen LogP contribution >= 0.6 is 0 Å². The van der Waals surface area contributed by atoms with Gasteiger partial charge in [-0.15, -0.1) is 0 Å². The van der Waals surface area contributed by atoms with E-state index < -0.39 is 11.7 Å². The van der Waals surface area contributed by atoms with E-state index in [1.807, 2.05) is 4.90 Å². The number of likely N-dealkylation sites (tertiary alicyclic amines) is 1. The normalized spacial score (nSPS) is 15.0. The van der Waals surface area contributed by atoms with Crippen LogP contribution in [0.25, 0.3) is 0 Å². The Kier molecular flexibility index (Phi) is 7.78. The van der Waals surface area contributed by atoms with E-state index in [9.17, 15) is 14.4 Å². The first-order valence-corrected chi connectivity index (χ1v) is 9.68. The van der Waals surface area contributed by atoms with E-state index >= 15 is 0 Å². The van der Waals surface area contributed by atoms with Crippen molar-refractivity contribution in [2.75, 3.05) is 26.2 Å². The Morgan fingerprint density at radius 3 is 2.50 bits per heavy atom. The van der Waals surface area contributed by atoms with Gasteiger partial charge in [0.2, 0.25) is 5.91 Å². The summed E-state index contributed by atoms with van der Waals surface area (Å²) < 4.78 is 5.14. The van der Waals surface area contributed by atoms with Crippen LogP contribution < -0.4 is 10.6 Å². The second kappa shape index (κ2) is 10.1. The summed E-state index contributed by atoms with van der Waals surface area (Å²) in [5, 5.41) is 5.52. The molecule has 0 aromatic carbocycles. The Balaban J connectivity index is 1.62. The van der Waals surface area contributed by atoms with Gasteiger partial charge < -0.3 is 20.3 Å². The minimum atomic E-state index is -0.554. The molecule has 0 spiro atoms. The molecule has 8 heteroatoms. The molecule has 154 valence electrons. The quantitative estimate of drug-likeness (QED) is 0.773. The van der Waals surface area contributed by atoms with Gasteiger partial charge in [-0.3, -0.25) is 14.6 Å². The molecule has 1 aliphatic heterocycles. The van der Waals surface area contributed by atoms with Gasteiger partial charge in [0.05, 0.1) is 0 Å². The maximum Gasteiger partial charge on any atom is 0.407 e. The molecule has 28 heavy (non-hydrogen) atoms. The predicted octanol–water partition coefficient (Wildman–Crippen LogP) is 1.96. The van der Waals surface area contributed by atoms with E-state index in [0.29, 0.717) is 31.2 Å². The second-order valence-corrected chi connectivity index (χ2v) is 7.93. The van der Waals surface area contributed by atoms with Crippen LogP contribution in [0.2, 0.25) is 0 Å². The van der Waals surface area contributed by atoms with E-state index in [-0.39, 0.29) is 24.8 Å². The molecule has 1 saturated heterocycles. The first kappa shape index (κ1) is 21.7. The van der Waals surface area contributed by atoms with Gasteiger partial charge in [0.25, 0.3) is 5.91 Å². The molecule has 0 radical (unpaired) electrons. The lowest BCUT2D eigenvalue weighted by atomic mass is 9.96. The van der Waals surface area contributed by atoms with E-state index in [0.717, 1.165) is 12.8 Å². The van der Waals surface area contributed by atoms with Crippen LogP contribution in [0.4, 0.5) is 4.79 Å². The largest absolute Gasteiger partial charge is 0.444 e. The molecule has 1 aromatic rings. The number of hydrogen-bond donors (Lipinski definition) is 2. The fraction of sp³-hybridized carbons (Fsp3) is 0.600.